The first-order valence-electron chi connectivity index (χ1n) is 5.85. The summed E-state index contributed by atoms with van der Waals surface area (Å²) in [5.41, 5.74) is 2.62. The van der Waals surface area contributed by atoms with Crippen molar-refractivity contribution < 1.29 is 4.79 Å². The van der Waals surface area contributed by atoms with Crippen molar-refractivity contribution in [2.45, 2.75) is 6.92 Å². The van der Waals surface area contributed by atoms with Crippen molar-refractivity contribution in [3.63, 3.8) is 0 Å². The van der Waals surface area contributed by atoms with Crippen LogP contribution in [0.25, 0.3) is 0 Å². The lowest BCUT2D eigenvalue weighted by Gasteiger charge is -2.07. The second kappa shape index (κ2) is 6.09. The van der Waals surface area contributed by atoms with Gasteiger partial charge in [-0.15, -0.1) is 0 Å². The van der Waals surface area contributed by atoms with E-state index in [1.54, 1.807) is 18.2 Å². The van der Waals surface area contributed by atoms with Crippen LogP contribution in [0.3, 0.4) is 0 Å². The number of ketones is 1. The van der Waals surface area contributed by atoms with E-state index in [9.17, 15) is 4.79 Å². The molecular formula is C15H13Cl2NO. The summed E-state index contributed by atoms with van der Waals surface area (Å²) in [6.45, 7) is 2.23. The fourth-order valence-corrected chi connectivity index (χ4v) is 2.01. The Balaban J connectivity index is 2.03. The van der Waals surface area contributed by atoms with Crippen LogP contribution in [0.5, 0.6) is 0 Å². The number of halogens is 2. The third kappa shape index (κ3) is 3.72. The van der Waals surface area contributed by atoms with Gasteiger partial charge in [-0.05, 0) is 42.8 Å². The Morgan fingerprint density at radius 3 is 2.58 bits per heavy atom. The Kier molecular flexibility index (Phi) is 4.46. The van der Waals surface area contributed by atoms with Crippen LogP contribution in [0, 0.1) is 6.92 Å². The number of aryl methyl sites for hydroxylation is 1. The summed E-state index contributed by atoms with van der Waals surface area (Å²) in [7, 11) is 0. The van der Waals surface area contributed by atoms with Gasteiger partial charge in [-0.1, -0.05) is 35.3 Å². The number of nitrogens with one attached hydrogen (secondary N) is 1. The maximum atomic E-state index is 12.0. The van der Waals surface area contributed by atoms with E-state index in [0.29, 0.717) is 15.6 Å². The third-order valence-electron chi connectivity index (χ3n) is 2.71. The van der Waals surface area contributed by atoms with Crippen LogP contribution in [0.2, 0.25) is 10.0 Å². The number of carbonyl (C=O) groups is 1. The standard InChI is InChI=1S/C15H13Cl2NO/c1-10-3-2-4-12(7-10)18-9-15(19)11-5-6-13(16)14(17)8-11/h2-8,18H,9H2,1H3. The number of anilines is 1. The van der Waals surface area contributed by atoms with Gasteiger partial charge in [0.15, 0.2) is 5.78 Å². The van der Waals surface area contributed by atoms with Gasteiger partial charge >= 0.3 is 0 Å². The molecule has 0 saturated carbocycles. The summed E-state index contributed by atoms with van der Waals surface area (Å²) in [5.74, 6) is -0.0277. The first-order chi connectivity index (χ1) is 9.06. The molecule has 0 unspecified atom stereocenters. The second-order valence-electron chi connectivity index (χ2n) is 4.28. The fraction of sp³-hybridized carbons (Fsp3) is 0.133. The maximum Gasteiger partial charge on any atom is 0.181 e. The topological polar surface area (TPSA) is 29.1 Å². The molecule has 0 radical (unpaired) electrons. The molecule has 2 nitrogen and oxygen atoms in total. The lowest BCUT2D eigenvalue weighted by molar-refractivity contribution is 0.101. The van der Waals surface area contributed by atoms with E-state index in [1.807, 2.05) is 31.2 Å². The zero-order chi connectivity index (χ0) is 13.8. The number of Topliss-reactive ketones (excluding diaryl/α,β-unsaturated/α-hetero) is 1. The van der Waals surface area contributed by atoms with Crippen molar-refractivity contribution in [3.8, 4) is 0 Å². The van der Waals surface area contributed by atoms with Crippen molar-refractivity contribution in [2.24, 2.45) is 0 Å². The van der Waals surface area contributed by atoms with Gasteiger partial charge in [-0.2, -0.15) is 0 Å². The van der Waals surface area contributed by atoms with Crippen LogP contribution in [0.15, 0.2) is 42.5 Å². The van der Waals surface area contributed by atoms with Crippen molar-refractivity contribution in [1.29, 1.82) is 0 Å². The molecule has 2 aromatic rings. The number of carbonyl (C=O) groups excluding carboxylic acids is 1. The Bertz CT molecular complexity index is 611. The molecule has 2 aromatic carbocycles. The van der Waals surface area contributed by atoms with E-state index in [1.165, 1.54) is 0 Å². The zero-order valence-corrected chi connectivity index (χ0v) is 11.9. The lowest BCUT2D eigenvalue weighted by atomic mass is 10.1. The summed E-state index contributed by atoms with van der Waals surface area (Å²) in [4.78, 5) is 12.0. The molecule has 4 heteroatoms. The molecule has 2 rings (SSSR count). The van der Waals surface area contributed by atoms with Gasteiger partial charge in [-0.3, -0.25) is 4.79 Å². The predicted molar refractivity (Wildman–Crippen MR) is 80.5 cm³/mol. The van der Waals surface area contributed by atoms with Gasteiger partial charge in [0.05, 0.1) is 16.6 Å². The highest BCUT2D eigenvalue weighted by Crippen LogP contribution is 2.22. The molecule has 0 atom stereocenters. The van der Waals surface area contributed by atoms with Crippen molar-refractivity contribution in [2.75, 3.05) is 11.9 Å². The molecule has 0 spiro atoms. The van der Waals surface area contributed by atoms with E-state index in [-0.39, 0.29) is 12.3 Å². The summed E-state index contributed by atoms with van der Waals surface area (Å²) in [6, 6.07) is 12.8. The Morgan fingerprint density at radius 2 is 1.89 bits per heavy atom. The van der Waals surface area contributed by atoms with Crippen molar-refractivity contribution in [1.82, 2.24) is 0 Å². The Morgan fingerprint density at radius 1 is 1.11 bits per heavy atom. The molecule has 0 aliphatic heterocycles. The normalized spacial score (nSPS) is 10.3. The Hall–Kier alpha value is -1.51. The maximum absolute atomic E-state index is 12.0. The first-order valence-corrected chi connectivity index (χ1v) is 6.60. The molecule has 0 saturated heterocycles. The quantitative estimate of drug-likeness (QED) is 0.835. The van der Waals surface area contributed by atoms with Crippen LogP contribution in [0.1, 0.15) is 15.9 Å². The van der Waals surface area contributed by atoms with E-state index >= 15 is 0 Å². The SMILES string of the molecule is Cc1cccc(NCC(=O)c2ccc(Cl)c(Cl)c2)c1. The van der Waals surface area contributed by atoms with Crippen LogP contribution >= 0.6 is 23.2 Å². The minimum atomic E-state index is -0.0277. The van der Waals surface area contributed by atoms with Gasteiger partial charge in [0.25, 0.3) is 0 Å². The van der Waals surface area contributed by atoms with Crippen LogP contribution in [-0.2, 0) is 0 Å². The highest BCUT2D eigenvalue weighted by atomic mass is 35.5. The van der Waals surface area contributed by atoms with Gasteiger partial charge in [-0.25, -0.2) is 0 Å². The Labute approximate surface area is 122 Å². The van der Waals surface area contributed by atoms with Gasteiger partial charge < -0.3 is 5.32 Å². The number of benzene rings is 2. The molecule has 1 N–H and O–H groups in total. The second-order valence-corrected chi connectivity index (χ2v) is 5.09. The largest absolute Gasteiger partial charge is 0.378 e. The molecule has 98 valence electrons. The van der Waals surface area contributed by atoms with Gasteiger partial charge in [0, 0.05) is 11.3 Å². The zero-order valence-electron chi connectivity index (χ0n) is 10.4. The average Bonchev–Trinajstić information content (AvgIpc) is 2.39. The number of hydrogen-bond acceptors (Lipinski definition) is 2. The van der Waals surface area contributed by atoms with Crippen LogP contribution in [0.4, 0.5) is 5.69 Å². The fourth-order valence-electron chi connectivity index (χ4n) is 1.71. The van der Waals surface area contributed by atoms with Crippen LogP contribution < -0.4 is 5.32 Å². The molecular weight excluding hydrogens is 281 g/mol. The van der Waals surface area contributed by atoms with Crippen molar-refractivity contribution >= 4 is 34.7 Å². The van der Waals surface area contributed by atoms with E-state index in [2.05, 4.69) is 5.32 Å². The molecule has 0 bridgehead atoms. The van der Waals surface area contributed by atoms with Gasteiger partial charge in [0.1, 0.15) is 0 Å². The first kappa shape index (κ1) is 13.9. The monoisotopic (exact) mass is 293 g/mol. The highest BCUT2D eigenvalue weighted by molar-refractivity contribution is 6.42. The molecule has 0 aliphatic carbocycles. The lowest BCUT2D eigenvalue weighted by Crippen LogP contribution is -2.14. The van der Waals surface area contributed by atoms with E-state index in [4.69, 9.17) is 23.2 Å². The molecule has 0 aliphatic rings. The van der Waals surface area contributed by atoms with Gasteiger partial charge in [0.2, 0.25) is 0 Å². The number of hydrogen-bond donors (Lipinski definition) is 1. The predicted octanol–water partition coefficient (Wildman–Crippen LogP) is 4.60. The summed E-state index contributed by atoms with van der Waals surface area (Å²) < 4.78 is 0. The summed E-state index contributed by atoms with van der Waals surface area (Å²) in [5, 5.41) is 3.93. The molecule has 0 aromatic heterocycles. The van der Waals surface area contributed by atoms with E-state index in [0.717, 1.165) is 11.3 Å². The minimum absolute atomic E-state index is 0.0277. The average molecular weight is 294 g/mol. The molecule has 19 heavy (non-hydrogen) atoms. The smallest absolute Gasteiger partial charge is 0.181 e. The third-order valence-corrected chi connectivity index (χ3v) is 3.45. The number of rotatable bonds is 4. The summed E-state index contributed by atoms with van der Waals surface area (Å²) in [6.07, 6.45) is 0. The van der Waals surface area contributed by atoms with Crippen molar-refractivity contribution in [3.05, 3.63) is 63.6 Å². The molecule has 0 fully saturated rings. The molecule has 0 amide bonds. The summed E-state index contributed by atoms with van der Waals surface area (Å²) >= 11 is 11.7. The highest BCUT2D eigenvalue weighted by Gasteiger charge is 2.08. The molecule has 0 heterocycles. The van der Waals surface area contributed by atoms with Crippen LogP contribution in [-0.4, -0.2) is 12.3 Å². The minimum Gasteiger partial charge on any atom is -0.378 e. The van der Waals surface area contributed by atoms with E-state index < -0.39 is 0 Å².